The van der Waals surface area contributed by atoms with Gasteiger partial charge in [-0.15, -0.1) is 0 Å². The van der Waals surface area contributed by atoms with E-state index < -0.39 is 0 Å². The molecule has 4 heteroatoms. The lowest BCUT2D eigenvalue weighted by atomic mass is 10.0. The third kappa shape index (κ3) is 3.05. The van der Waals surface area contributed by atoms with Gasteiger partial charge in [-0.05, 0) is 23.6 Å². The van der Waals surface area contributed by atoms with E-state index in [1.54, 1.807) is 18.5 Å². The number of benzene rings is 1. The maximum Gasteiger partial charge on any atom is 0.223 e. The molecule has 0 unspecified atom stereocenters. The predicted octanol–water partition coefficient (Wildman–Crippen LogP) is 2.18. The Morgan fingerprint density at radius 1 is 1.17 bits per heavy atom. The molecule has 0 saturated carbocycles. The molecular weight excluding hydrogens is 226 g/mol. The fourth-order valence-electron chi connectivity index (χ4n) is 1.75. The summed E-state index contributed by atoms with van der Waals surface area (Å²) in [7, 11) is 0. The highest BCUT2D eigenvalue weighted by Gasteiger charge is 2.10. The van der Waals surface area contributed by atoms with E-state index in [9.17, 15) is 5.11 Å². The fraction of sp³-hybridized carbons (Fsp3) is 0.286. The number of aliphatic hydroxyl groups excluding tert-OH is 1. The van der Waals surface area contributed by atoms with Gasteiger partial charge in [0.2, 0.25) is 5.95 Å². The molecule has 0 radical (unpaired) electrons. The predicted molar refractivity (Wildman–Crippen MR) is 71.3 cm³/mol. The second-order valence-electron chi connectivity index (χ2n) is 4.05. The molecule has 0 aliphatic rings. The molecule has 0 spiro atoms. The number of nitrogens with one attached hydrogen (secondary N) is 1. The molecule has 0 fully saturated rings. The third-order valence-electron chi connectivity index (χ3n) is 2.84. The summed E-state index contributed by atoms with van der Waals surface area (Å²) in [5, 5.41) is 12.6. The Morgan fingerprint density at radius 2 is 1.83 bits per heavy atom. The van der Waals surface area contributed by atoms with Gasteiger partial charge in [-0.2, -0.15) is 0 Å². The van der Waals surface area contributed by atoms with Gasteiger partial charge in [0, 0.05) is 12.4 Å². The highest BCUT2D eigenvalue weighted by molar-refractivity contribution is 5.33. The van der Waals surface area contributed by atoms with Crippen LogP contribution in [0, 0.1) is 0 Å². The summed E-state index contributed by atoms with van der Waals surface area (Å²) in [6, 6.07) is 9.77. The van der Waals surface area contributed by atoms with E-state index in [0.29, 0.717) is 5.95 Å². The molecule has 2 aromatic rings. The molecule has 94 valence electrons. The van der Waals surface area contributed by atoms with Gasteiger partial charge in [0.15, 0.2) is 0 Å². The number of aryl methyl sites for hydroxylation is 1. The van der Waals surface area contributed by atoms with Gasteiger partial charge < -0.3 is 10.4 Å². The minimum atomic E-state index is -0.182. The Bertz CT molecular complexity index is 470. The average Bonchev–Trinajstić information content (AvgIpc) is 2.46. The standard InChI is InChI=1S/C14H17N3O/c1-2-11-4-6-12(7-5-11)13(10-18)17-14-15-8-3-9-16-14/h3-9,13,18H,2,10H2,1H3,(H,15,16,17)/t13-/m0/s1. The monoisotopic (exact) mass is 243 g/mol. The van der Waals surface area contributed by atoms with Crippen LogP contribution in [0.15, 0.2) is 42.7 Å². The van der Waals surface area contributed by atoms with Crippen LogP contribution in [-0.2, 0) is 6.42 Å². The van der Waals surface area contributed by atoms with Crippen molar-refractivity contribution < 1.29 is 5.11 Å². The fourth-order valence-corrected chi connectivity index (χ4v) is 1.75. The Morgan fingerprint density at radius 3 is 2.39 bits per heavy atom. The third-order valence-corrected chi connectivity index (χ3v) is 2.84. The van der Waals surface area contributed by atoms with Crippen molar-refractivity contribution in [3.8, 4) is 0 Å². The molecule has 1 aromatic heterocycles. The molecule has 1 heterocycles. The van der Waals surface area contributed by atoms with E-state index in [4.69, 9.17) is 0 Å². The highest BCUT2D eigenvalue weighted by atomic mass is 16.3. The first kappa shape index (κ1) is 12.5. The maximum atomic E-state index is 9.45. The first-order valence-electron chi connectivity index (χ1n) is 6.06. The number of hydrogen-bond donors (Lipinski definition) is 2. The maximum absolute atomic E-state index is 9.45. The molecule has 4 nitrogen and oxygen atoms in total. The van der Waals surface area contributed by atoms with Crippen LogP contribution in [0.3, 0.4) is 0 Å². The molecule has 1 aromatic carbocycles. The van der Waals surface area contributed by atoms with Crippen molar-refractivity contribution in [3.63, 3.8) is 0 Å². The van der Waals surface area contributed by atoms with E-state index in [1.165, 1.54) is 5.56 Å². The molecule has 1 atom stereocenters. The number of rotatable bonds is 5. The smallest absolute Gasteiger partial charge is 0.223 e. The summed E-state index contributed by atoms with van der Waals surface area (Å²) in [5.41, 5.74) is 2.31. The number of hydrogen-bond acceptors (Lipinski definition) is 4. The zero-order valence-corrected chi connectivity index (χ0v) is 10.4. The molecule has 0 saturated heterocycles. The second-order valence-corrected chi connectivity index (χ2v) is 4.05. The van der Waals surface area contributed by atoms with Crippen LogP contribution in [0.2, 0.25) is 0 Å². The summed E-state index contributed by atoms with van der Waals surface area (Å²) < 4.78 is 0. The lowest BCUT2D eigenvalue weighted by Crippen LogP contribution is -2.16. The molecule has 18 heavy (non-hydrogen) atoms. The Labute approximate surface area is 107 Å². The van der Waals surface area contributed by atoms with E-state index in [-0.39, 0.29) is 12.6 Å². The van der Waals surface area contributed by atoms with Crippen molar-refractivity contribution >= 4 is 5.95 Å². The van der Waals surface area contributed by atoms with Gasteiger partial charge in [0.1, 0.15) is 0 Å². The van der Waals surface area contributed by atoms with Gasteiger partial charge >= 0.3 is 0 Å². The van der Waals surface area contributed by atoms with Gasteiger partial charge in [-0.25, -0.2) is 9.97 Å². The summed E-state index contributed by atoms with van der Waals surface area (Å²) >= 11 is 0. The van der Waals surface area contributed by atoms with Crippen LogP contribution < -0.4 is 5.32 Å². The summed E-state index contributed by atoms with van der Waals surface area (Å²) in [5.74, 6) is 0.524. The van der Waals surface area contributed by atoms with Gasteiger partial charge in [-0.3, -0.25) is 0 Å². The SMILES string of the molecule is CCc1ccc([C@H](CO)Nc2ncccn2)cc1. The molecule has 0 aliphatic heterocycles. The first-order valence-corrected chi connectivity index (χ1v) is 6.06. The zero-order valence-electron chi connectivity index (χ0n) is 10.4. The number of aliphatic hydroxyl groups is 1. The quantitative estimate of drug-likeness (QED) is 0.845. The average molecular weight is 243 g/mol. The molecule has 2 N–H and O–H groups in total. The highest BCUT2D eigenvalue weighted by Crippen LogP contribution is 2.17. The number of aromatic nitrogens is 2. The van der Waals surface area contributed by atoms with Crippen LogP contribution >= 0.6 is 0 Å². The summed E-state index contributed by atoms with van der Waals surface area (Å²) in [6.45, 7) is 2.12. The summed E-state index contributed by atoms with van der Waals surface area (Å²) in [4.78, 5) is 8.18. The zero-order chi connectivity index (χ0) is 12.8. The molecule has 2 rings (SSSR count). The van der Waals surface area contributed by atoms with Crippen LogP contribution in [0.25, 0.3) is 0 Å². The van der Waals surface area contributed by atoms with Crippen molar-refractivity contribution in [2.75, 3.05) is 11.9 Å². The second kappa shape index (κ2) is 6.12. The van der Waals surface area contributed by atoms with Crippen molar-refractivity contribution in [3.05, 3.63) is 53.9 Å². The topological polar surface area (TPSA) is 58.0 Å². The van der Waals surface area contributed by atoms with E-state index in [1.807, 2.05) is 12.1 Å². The number of anilines is 1. The molecule has 0 amide bonds. The Hall–Kier alpha value is -1.94. The van der Waals surface area contributed by atoms with Crippen molar-refractivity contribution in [2.45, 2.75) is 19.4 Å². The van der Waals surface area contributed by atoms with Crippen molar-refractivity contribution in [1.82, 2.24) is 9.97 Å². The van der Waals surface area contributed by atoms with Crippen LogP contribution in [0.1, 0.15) is 24.1 Å². The van der Waals surface area contributed by atoms with Gasteiger partial charge in [0.05, 0.1) is 12.6 Å². The van der Waals surface area contributed by atoms with Crippen molar-refractivity contribution in [2.24, 2.45) is 0 Å². The minimum absolute atomic E-state index is 0.00370. The Kier molecular flexibility index (Phi) is 4.25. The van der Waals surface area contributed by atoms with Crippen molar-refractivity contribution in [1.29, 1.82) is 0 Å². The van der Waals surface area contributed by atoms with Gasteiger partial charge in [0.25, 0.3) is 0 Å². The van der Waals surface area contributed by atoms with E-state index in [2.05, 4.69) is 34.3 Å². The van der Waals surface area contributed by atoms with E-state index in [0.717, 1.165) is 12.0 Å². The molecular formula is C14H17N3O. The molecule has 0 bridgehead atoms. The van der Waals surface area contributed by atoms with Crippen LogP contribution in [0.5, 0.6) is 0 Å². The molecule has 0 aliphatic carbocycles. The lowest BCUT2D eigenvalue weighted by molar-refractivity contribution is 0.276. The first-order chi connectivity index (χ1) is 8.83. The normalized spacial score (nSPS) is 12.1. The lowest BCUT2D eigenvalue weighted by Gasteiger charge is -2.16. The largest absolute Gasteiger partial charge is 0.394 e. The number of nitrogens with zero attached hydrogens (tertiary/aromatic N) is 2. The van der Waals surface area contributed by atoms with Crippen LogP contribution in [0.4, 0.5) is 5.95 Å². The minimum Gasteiger partial charge on any atom is -0.394 e. The van der Waals surface area contributed by atoms with Gasteiger partial charge in [-0.1, -0.05) is 31.2 Å². The Balaban J connectivity index is 2.12. The van der Waals surface area contributed by atoms with Crippen LogP contribution in [-0.4, -0.2) is 21.7 Å². The summed E-state index contributed by atoms with van der Waals surface area (Å²) in [6.07, 6.45) is 4.35. The van der Waals surface area contributed by atoms with E-state index >= 15 is 0 Å².